The van der Waals surface area contributed by atoms with Gasteiger partial charge in [0.2, 0.25) is 0 Å². The Bertz CT molecular complexity index is 637. The Labute approximate surface area is 128 Å². The van der Waals surface area contributed by atoms with Crippen LogP contribution in [-0.4, -0.2) is 5.91 Å². The smallest absolute Gasteiger partial charge is 0.252 e. The molecule has 0 fully saturated rings. The lowest BCUT2D eigenvalue weighted by Crippen LogP contribution is -2.27. The molecule has 0 aromatic heterocycles. The van der Waals surface area contributed by atoms with Gasteiger partial charge in [-0.25, -0.2) is 0 Å². The SMILES string of the molecule is Cc1ccc(C(C)NC(=O)c2ccccc2Br)cc1C. The number of rotatable bonds is 3. The maximum atomic E-state index is 12.3. The molecule has 0 saturated heterocycles. The van der Waals surface area contributed by atoms with E-state index in [9.17, 15) is 4.79 Å². The number of carbonyl (C=O) groups is 1. The van der Waals surface area contributed by atoms with Gasteiger partial charge in [0.1, 0.15) is 0 Å². The van der Waals surface area contributed by atoms with Crippen LogP contribution in [0.3, 0.4) is 0 Å². The van der Waals surface area contributed by atoms with E-state index in [1.165, 1.54) is 11.1 Å². The predicted molar refractivity (Wildman–Crippen MR) is 85.9 cm³/mol. The van der Waals surface area contributed by atoms with Crippen LogP contribution in [0, 0.1) is 13.8 Å². The van der Waals surface area contributed by atoms with Gasteiger partial charge >= 0.3 is 0 Å². The van der Waals surface area contributed by atoms with E-state index in [1.54, 1.807) is 0 Å². The summed E-state index contributed by atoms with van der Waals surface area (Å²) in [6.07, 6.45) is 0. The van der Waals surface area contributed by atoms with Gasteiger partial charge in [0.25, 0.3) is 5.91 Å². The summed E-state index contributed by atoms with van der Waals surface area (Å²) in [5.41, 5.74) is 4.28. The zero-order valence-corrected chi connectivity index (χ0v) is 13.5. The molecule has 0 heterocycles. The molecule has 1 atom stereocenters. The van der Waals surface area contributed by atoms with Crippen LogP contribution in [0.25, 0.3) is 0 Å². The summed E-state index contributed by atoms with van der Waals surface area (Å²) >= 11 is 3.40. The summed E-state index contributed by atoms with van der Waals surface area (Å²) < 4.78 is 0.810. The lowest BCUT2D eigenvalue weighted by Gasteiger charge is -2.16. The van der Waals surface area contributed by atoms with Crippen molar-refractivity contribution in [1.29, 1.82) is 0 Å². The maximum Gasteiger partial charge on any atom is 0.252 e. The molecule has 0 aliphatic rings. The number of aryl methyl sites for hydroxylation is 2. The lowest BCUT2D eigenvalue weighted by molar-refractivity contribution is 0.0939. The van der Waals surface area contributed by atoms with Gasteiger partial charge in [0, 0.05) is 4.47 Å². The molecule has 0 bridgehead atoms. The molecule has 2 rings (SSSR count). The minimum absolute atomic E-state index is 0.0195. The van der Waals surface area contributed by atoms with Crippen molar-refractivity contribution in [2.45, 2.75) is 26.8 Å². The molecule has 104 valence electrons. The van der Waals surface area contributed by atoms with E-state index in [2.05, 4.69) is 53.3 Å². The van der Waals surface area contributed by atoms with Gasteiger partial charge in [-0.1, -0.05) is 30.3 Å². The summed E-state index contributed by atoms with van der Waals surface area (Å²) in [5, 5.41) is 3.03. The quantitative estimate of drug-likeness (QED) is 0.877. The van der Waals surface area contributed by atoms with Crippen molar-refractivity contribution < 1.29 is 4.79 Å². The van der Waals surface area contributed by atoms with Crippen molar-refractivity contribution in [1.82, 2.24) is 5.32 Å². The van der Waals surface area contributed by atoms with E-state index in [4.69, 9.17) is 0 Å². The zero-order chi connectivity index (χ0) is 14.7. The molecule has 0 saturated carbocycles. The van der Waals surface area contributed by atoms with Gasteiger partial charge in [-0.15, -0.1) is 0 Å². The minimum Gasteiger partial charge on any atom is -0.345 e. The molecule has 1 unspecified atom stereocenters. The molecule has 1 N–H and O–H groups in total. The first-order chi connectivity index (χ1) is 9.49. The highest BCUT2D eigenvalue weighted by Crippen LogP contribution is 2.19. The molecule has 0 radical (unpaired) electrons. The fourth-order valence-electron chi connectivity index (χ4n) is 2.04. The third kappa shape index (κ3) is 3.28. The van der Waals surface area contributed by atoms with Crippen molar-refractivity contribution in [3.63, 3.8) is 0 Å². The molecule has 2 aromatic carbocycles. The van der Waals surface area contributed by atoms with E-state index in [0.29, 0.717) is 5.56 Å². The summed E-state index contributed by atoms with van der Waals surface area (Å²) in [5.74, 6) is -0.0665. The van der Waals surface area contributed by atoms with E-state index in [1.807, 2.05) is 31.2 Å². The largest absolute Gasteiger partial charge is 0.345 e. The Kier molecular flexibility index (Phi) is 4.61. The van der Waals surface area contributed by atoms with Gasteiger partial charge in [0.05, 0.1) is 11.6 Å². The topological polar surface area (TPSA) is 29.1 Å². The average Bonchev–Trinajstić information content (AvgIpc) is 2.42. The van der Waals surface area contributed by atoms with Crippen LogP contribution < -0.4 is 5.32 Å². The van der Waals surface area contributed by atoms with E-state index in [-0.39, 0.29) is 11.9 Å². The number of hydrogen-bond donors (Lipinski definition) is 1. The highest BCUT2D eigenvalue weighted by atomic mass is 79.9. The molecular weight excluding hydrogens is 314 g/mol. The third-order valence-electron chi connectivity index (χ3n) is 3.50. The minimum atomic E-state index is -0.0665. The fourth-order valence-corrected chi connectivity index (χ4v) is 2.50. The number of halogens is 1. The molecule has 1 amide bonds. The third-order valence-corrected chi connectivity index (χ3v) is 4.19. The normalized spacial score (nSPS) is 12.0. The highest BCUT2D eigenvalue weighted by molar-refractivity contribution is 9.10. The summed E-state index contributed by atoms with van der Waals surface area (Å²) in [6, 6.07) is 13.7. The Hall–Kier alpha value is -1.61. The molecule has 2 nitrogen and oxygen atoms in total. The monoisotopic (exact) mass is 331 g/mol. The number of carbonyl (C=O) groups excluding carboxylic acids is 1. The van der Waals surface area contributed by atoms with Gasteiger partial charge in [-0.05, 0) is 65.5 Å². The summed E-state index contributed by atoms with van der Waals surface area (Å²) in [4.78, 5) is 12.3. The predicted octanol–water partition coefficient (Wildman–Crippen LogP) is 4.56. The first kappa shape index (κ1) is 14.8. The Balaban J connectivity index is 2.15. The second kappa shape index (κ2) is 6.23. The highest BCUT2D eigenvalue weighted by Gasteiger charge is 2.13. The summed E-state index contributed by atoms with van der Waals surface area (Å²) in [7, 11) is 0. The Morgan fingerprint density at radius 1 is 1.10 bits per heavy atom. The fraction of sp³-hybridized carbons (Fsp3) is 0.235. The second-order valence-electron chi connectivity index (χ2n) is 5.02. The number of nitrogens with one attached hydrogen (secondary N) is 1. The molecular formula is C17H18BrNO. The van der Waals surface area contributed by atoms with Crippen LogP contribution in [-0.2, 0) is 0 Å². The first-order valence-corrected chi connectivity index (χ1v) is 7.41. The first-order valence-electron chi connectivity index (χ1n) is 6.61. The molecule has 0 aliphatic heterocycles. The maximum absolute atomic E-state index is 12.3. The van der Waals surface area contributed by atoms with Crippen molar-refractivity contribution in [3.8, 4) is 0 Å². The van der Waals surface area contributed by atoms with E-state index in [0.717, 1.165) is 10.0 Å². The average molecular weight is 332 g/mol. The van der Waals surface area contributed by atoms with Crippen molar-refractivity contribution in [2.75, 3.05) is 0 Å². The Morgan fingerprint density at radius 3 is 2.45 bits per heavy atom. The van der Waals surface area contributed by atoms with Crippen molar-refractivity contribution >= 4 is 21.8 Å². The number of amides is 1. The zero-order valence-electron chi connectivity index (χ0n) is 11.9. The van der Waals surface area contributed by atoms with Crippen molar-refractivity contribution in [3.05, 3.63) is 69.2 Å². The molecule has 0 spiro atoms. The van der Waals surface area contributed by atoms with Crippen LogP contribution >= 0.6 is 15.9 Å². The number of benzene rings is 2. The molecule has 20 heavy (non-hydrogen) atoms. The molecule has 2 aromatic rings. The Morgan fingerprint density at radius 2 is 1.80 bits per heavy atom. The second-order valence-corrected chi connectivity index (χ2v) is 5.87. The van der Waals surface area contributed by atoms with Crippen LogP contribution in [0.5, 0.6) is 0 Å². The summed E-state index contributed by atoms with van der Waals surface area (Å²) in [6.45, 7) is 6.17. The van der Waals surface area contributed by atoms with Crippen LogP contribution in [0.2, 0.25) is 0 Å². The van der Waals surface area contributed by atoms with Crippen LogP contribution in [0.4, 0.5) is 0 Å². The van der Waals surface area contributed by atoms with Crippen LogP contribution in [0.15, 0.2) is 46.9 Å². The van der Waals surface area contributed by atoms with Crippen molar-refractivity contribution in [2.24, 2.45) is 0 Å². The standard InChI is InChI=1S/C17H18BrNO/c1-11-8-9-14(10-12(11)2)13(3)19-17(20)15-6-4-5-7-16(15)18/h4-10,13H,1-3H3,(H,19,20). The van der Waals surface area contributed by atoms with Gasteiger partial charge in [-0.3, -0.25) is 4.79 Å². The van der Waals surface area contributed by atoms with Crippen LogP contribution in [0.1, 0.15) is 40.0 Å². The molecule has 3 heteroatoms. The lowest BCUT2D eigenvalue weighted by atomic mass is 10.0. The van der Waals surface area contributed by atoms with Gasteiger partial charge in [0.15, 0.2) is 0 Å². The van der Waals surface area contributed by atoms with E-state index >= 15 is 0 Å². The molecule has 0 aliphatic carbocycles. The van der Waals surface area contributed by atoms with Gasteiger partial charge < -0.3 is 5.32 Å². The van der Waals surface area contributed by atoms with E-state index < -0.39 is 0 Å². The van der Waals surface area contributed by atoms with Gasteiger partial charge in [-0.2, -0.15) is 0 Å². The number of hydrogen-bond acceptors (Lipinski definition) is 1.